The third-order valence-electron chi connectivity index (χ3n) is 2.54. The first-order chi connectivity index (χ1) is 8.76. The number of carbonyl (C=O) groups excluding carboxylic acids is 1. The second-order valence-electron chi connectivity index (χ2n) is 4.37. The van der Waals surface area contributed by atoms with Crippen molar-refractivity contribution in [3.05, 3.63) is 23.8 Å². The maximum atomic E-state index is 12.1. The molecule has 92 valence electrons. The van der Waals surface area contributed by atoms with Gasteiger partial charge in [0.1, 0.15) is 0 Å². The first-order valence-corrected chi connectivity index (χ1v) is 5.60. The molecule has 0 spiro atoms. The SMILES string of the molecule is [B]C([B])([B])N[C@@H](C)C(=O)c1ccc2c(c1)OC(O)O2. The molecular weight excluding hydrogens is 243 g/mol. The van der Waals surface area contributed by atoms with Gasteiger partial charge in [0.25, 0.3) is 0 Å². The molecule has 0 amide bonds. The smallest absolute Gasteiger partial charge is 0.358 e. The molecule has 0 fully saturated rings. The number of rotatable bonds is 4. The van der Waals surface area contributed by atoms with E-state index in [2.05, 4.69) is 5.32 Å². The molecule has 0 aliphatic carbocycles. The van der Waals surface area contributed by atoms with Crippen LogP contribution in [0.25, 0.3) is 0 Å². The van der Waals surface area contributed by atoms with E-state index >= 15 is 0 Å². The number of carbonyl (C=O) groups is 1. The molecular formula is C11H10B3NO4. The van der Waals surface area contributed by atoms with Gasteiger partial charge in [0.2, 0.25) is 0 Å². The standard InChI is InChI=1S/C11H10B3NO4/c1-5(15-11(12,13)14)9(16)6-2-3-7-8(4-6)19-10(17)18-7/h2-5,10,15,17H,1H3/t5-,10?/m0/s1. The highest BCUT2D eigenvalue weighted by atomic mass is 16.8. The van der Waals surface area contributed by atoms with Gasteiger partial charge < -0.3 is 19.9 Å². The molecule has 0 bridgehead atoms. The van der Waals surface area contributed by atoms with Crippen molar-refractivity contribution in [1.82, 2.24) is 5.32 Å². The summed E-state index contributed by atoms with van der Waals surface area (Å²) in [5.41, 5.74) is 0.362. The van der Waals surface area contributed by atoms with Gasteiger partial charge in [-0.25, -0.2) is 0 Å². The summed E-state index contributed by atoms with van der Waals surface area (Å²) in [6, 6.07) is 3.88. The monoisotopic (exact) mass is 253 g/mol. The van der Waals surface area contributed by atoms with Crippen LogP contribution in [0, 0.1) is 0 Å². The van der Waals surface area contributed by atoms with Gasteiger partial charge in [0.05, 0.1) is 29.6 Å². The molecule has 1 aliphatic heterocycles. The van der Waals surface area contributed by atoms with E-state index in [0.29, 0.717) is 17.1 Å². The predicted octanol–water partition coefficient (Wildman–Crippen LogP) is -0.989. The molecule has 5 nitrogen and oxygen atoms in total. The van der Waals surface area contributed by atoms with Crippen molar-refractivity contribution in [2.24, 2.45) is 0 Å². The minimum Gasteiger partial charge on any atom is -0.428 e. The quantitative estimate of drug-likeness (QED) is 0.532. The zero-order valence-corrected chi connectivity index (χ0v) is 10.3. The van der Waals surface area contributed by atoms with Crippen molar-refractivity contribution in [1.29, 1.82) is 0 Å². The molecule has 2 N–H and O–H groups in total. The molecule has 2 atom stereocenters. The van der Waals surface area contributed by atoms with Crippen LogP contribution in [0.2, 0.25) is 0 Å². The Hall–Kier alpha value is -1.40. The average molecular weight is 253 g/mol. The fourth-order valence-corrected chi connectivity index (χ4v) is 1.78. The number of nitrogens with one attached hydrogen (secondary N) is 1. The summed E-state index contributed by atoms with van der Waals surface area (Å²) in [7, 11) is 16.1. The zero-order chi connectivity index (χ0) is 14.2. The Labute approximate surface area is 114 Å². The zero-order valence-electron chi connectivity index (χ0n) is 10.3. The van der Waals surface area contributed by atoms with Crippen molar-refractivity contribution in [2.75, 3.05) is 0 Å². The molecule has 0 saturated heterocycles. The summed E-state index contributed by atoms with van der Waals surface area (Å²) in [5.74, 6) is 0.402. The number of benzene rings is 1. The Kier molecular flexibility index (Phi) is 3.65. The molecule has 8 heteroatoms. The van der Waals surface area contributed by atoms with Gasteiger partial charge in [0.15, 0.2) is 17.3 Å². The van der Waals surface area contributed by atoms with E-state index in [-0.39, 0.29) is 5.78 Å². The third-order valence-corrected chi connectivity index (χ3v) is 2.54. The van der Waals surface area contributed by atoms with Gasteiger partial charge in [-0.05, 0) is 25.1 Å². The Morgan fingerprint density at radius 3 is 2.63 bits per heavy atom. The van der Waals surface area contributed by atoms with E-state index in [0.717, 1.165) is 0 Å². The van der Waals surface area contributed by atoms with Gasteiger partial charge in [-0.1, -0.05) is 5.24 Å². The molecule has 1 heterocycles. The predicted molar refractivity (Wildman–Crippen MR) is 70.6 cm³/mol. The van der Waals surface area contributed by atoms with Crippen LogP contribution < -0.4 is 14.8 Å². The number of aliphatic hydroxyl groups is 1. The normalized spacial score (nSPS) is 19.2. The van der Waals surface area contributed by atoms with Crippen LogP contribution >= 0.6 is 0 Å². The molecule has 0 aromatic heterocycles. The van der Waals surface area contributed by atoms with Crippen LogP contribution in [0.15, 0.2) is 18.2 Å². The van der Waals surface area contributed by atoms with E-state index in [1.807, 2.05) is 0 Å². The van der Waals surface area contributed by atoms with E-state index < -0.39 is 17.8 Å². The van der Waals surface area contributed by atoms with Crippen molar-refractivity contribution >= 4 is 29.3 Å². The van der Waals surface area contributed by atoms with Crippen LogP contribution in [0.1, 0.15) is 17.3 Å². The average Bonchev–Trinajstić information content (AvgIpc) is 2.64. The van der Waals surface area contributed by atoms with Gasteiger partial charge >= 0.3 is 6.48 Å². The molecule has 1 unspecified atom stereocenters. The maximum absolute atomic E-state index is 12.1. The topological polar surface area (TPSA) is 67.8 Å². The second kappa shape index (κ2) is 4.94. The Bertz CT molecular complexity index is 503. The maximum Gasteiger partial charge on any atom is 0.358 e. The summed E-state index contributed by atoms with van der Waals surface area (Å²) in [6.45, 7) is 0.240. The number of fused-ring (bicyclic) bond motifs is 1. The van der Waals surface area contributed by atoms with Crippen LogP contribution in [0.3, 0.4) is 0 Å². The molecule has 19 heavy (non-hydrogen) atoms. The number of hydrogen-bond acceptors (Lipinski definition) is 5. The molecule has 1 aromatic carbocycles. The highest BCUT2D eigenvalue weighted by molar-refractivity contribution is 6.59. The van der Waals surface area contributed by atoms with E-state index in [9.17, 15) is 4.79 Å². The minimum absolute atomic E-state index is 0.265. The molecule has 1 aromatic rings. The summed E-state index contributed by atoms with van der Waals surface area (Å²) < 4.78 is 9.89. The van der Waals surface area contributed by atoms with Crippen molar-refractivity contribution < 1.29 is 19.4 Å². The van der Waals surface area contributed by atoms with E-state index in [1.165, 1.54) is 12.1 Å². The van der Waals surface area contributed by atoms with Crippen molar-refractivity contribution in [2.45, 2.75) is 24.7 Å². The summed E-state index contributed by atoms with van der Waals surface area (Å²) in [5, 5.41) is 10.1. The number of aliphatic hydroxyl groups excluding tert-OH is 1. The largest absolute Gasteiger partial charge is 0.428 e. The van der Waals surface area contributed by atoms with Crippen LogP contribution in [0.5, 0.6) is 11.5 Å². The minimum atomic E-state index is -1.64. The Morgan fingerprint density at radius 1 is 1.37 bits per heavy atom. The first kappa shape index (κ1) is 14.0. The number of hydrogen-bond donors (Lipinski definition) is 2. The van der Waals surface area contributed by atoms with Crippen LogP contribution in [-0.2, 0) is 0 Å². The lowest BCUT2D eigenvalue weighted by Crippen LogP contribution is -2.53. The first-order valence-electron chi connectivity index (χ1n) is 5.60. The molecule has 0 saturated carbocycles. The third kappa shape index (κ3) is 3.33. The number of Topliss-reactive ketones (excluding diaryl/α,β-unsaturated/α-hetero) is 1. The fraction of sp³-hybridized carbons (Fsp3) is 0.364. The fourth-order valence-electron chi connectivity index (χ4n) is 1.78. The second-order valence-corrected chi connectivity index (χ2v) is 4.37. The highest BCUT2D eigenvalue weighted by Gasteiger charge is 2.25. The number of ketones is 1. The van der Waals surface area contributed by atoms with Crippen LogP contribution in [0.4, 0.5) is 0 Å². The summed E-state index contributed by atoms with van der Waals surface area (Å²) in [6.07, 6.45) is 0. The van der Waals surface area contributed by atoms with Crippen molar-refractivity contribution in [3.8, 4) is 11.5 Å². The van der Waals surface area contributed by atoms with Gasteiger partial charge in [-0.3, -0.25) is 4.79 Å². The van der Waals surface area contributed by atoms with Crippen LogP contribution in [-0.4, -0.2) is 52.2 Å². The van der Waals surface area contributed by atoms with Gasteiger partial charge in [0, 0.05) is 5.56 Å². The molecule has 6 radical (unpaired) electrons. The number of ether oxygens (including phenoxy) is 2. The summed E-state index contributed by atoms with van der Waals surface area (Å²) in [4.78, 5) is 12.1. The highest BCUT2D eigenvalue weighted by Crippen LogP contribution is 2.34. The van der Waals surface area contributed by atoms with Gasteiger partial charge in [-0.2, -0.15) is 0 Å². The lowest BCUT2D eigenvalue weighted by molar-refractivity contribution is -0.133. The van der Waals surface area contributed by atoms with Crippen molar-refractivity contribution in [3.63, 3.8) is 0 Å². The lowest BCUT2D eigenvalue weighted by atomic mass is 9.49. The Balaban J connectivity index is 2.15. The van der Waals surface area contributed by atoms with E-state index in [4.69, 9.17) is 38.1 Å². The van der Waals surface area contributed by atoms with Gasteiger partial charge in [-0.15, -0.1) is 0 Å². The molecule has 1 aliphatic rings. The molecule has 2 rings (SSSR count). The Morgan fingerprint density at radius 2 is 2.00 bits per heavy atom. The lowest BCUT2D eigenvalue weighted by Gasteiger charge is -2.26. The van der Waals surface area contributed by atoms with E-state index in [1.54, 1.807) is 13.0 Å². The summed E-state index contributed by atoms with van der Waals surface area (Å²) >= 11 is 0.